The Bertz CT molecular complexity index is 677. The molecule has 0 bridgehead atoms. The fourth-order valence-corrected chi connectivity index (χ4v) is 2.94. The van der Waals surface area contributed by atoms with Crippen molar-refractivity contribution in [1.82, 2.24) is 4.90 Å². The lowest BCUT2D eigenvalue weighted by Crippen LogP contribution is -2.34. The van der Waals surface area contributed by atoms with E-state index in [1.807, 2.05) is 43.3 Å². The lowest BCUT2D eigenvalue weighted by molar-refractivity contribution is -0.130. The summed E-state index contributed by atoms with van der Waals surface area (Å²) in [6.07, 6.45) is 0. The molecule has 0 aliphatic carbocycles. The van der Waals surface area contributed by atoms with Crippen molar-refractivity contribution in [3.63, 3.8) is 0 Å². The first-order valence-corrected chi connectivity index (χ1v) is 8.34. The number of hydrogen-bond donors (Lipinski definition) is 1. The number of aliphatic hydroxyl groups excluding tert-OH is 1. The van der Waals surface area contributed by atoms with Crippen molar-refractivity contribution in [2.24, 2.45) is 5.92 Å². The number of ketones is 1. The Kier molecular flexibility index (Phi) is 5.85. The van der Waals surface area contributed by atoms with Crippen LogP contribution in [0.1, 0.15) is 25.5 Å². The molecule has 1 aliphatic rings. The number of rotatable bonds is 7. The summed E-state index contributed by atoms with van der Waals surface area (Å²) >= 11 is 0. The van der Waals surface area contributed by atoms with Crippen molar-refractivity contribution >= 4 is 17.4 Å². The lowest BCUT2D eigenvalue weighted by atomic mass is 9.91. The van der Waals surface area contributed by atoms with Crippen molar-refractivity contribution in [3.05, 3.63) is 41.2 Å². The zero-order valence-corrected chi connectivity index (χ0v) is 15.4. The van der Waals surface area contributed by atoms with E-state index >= 15 is 0 Å². The quantitative estimate of drug-likeness (QED) is 0.820. The SMILES string of the molecule is COCCN1C(=O)C(O)=C(C(=O)C(C)C)C1c1ccc(N(C)C)cc1. The van der Waals surface area contributed by atoms with E-state index in [0.29, 0.717) is 13.2 Å². The number of carbonyl (C=O) groups is 2. The van der Waals surface area contributed by atoms with Crippen LogP contribution in [0.25, 0.3) is 0 Å². The number of amides is 1. The van der Waals surface area contributed by atoms with E-state index in [2.05, 4.69) is 0 Å². The molecule has 0 spiro atoms. The van der Waals surface area contributed by atoms with Gasteiger partial charge in [-0.2, -0.15) is 0 Å². The number of hydrogen-bond acceptors (Lipinski definition) is 5. The van der Waals surface area contributed by atoms with E-state index < -0.39 is 17.7 Å². The summed E-state index contributed by atoms with van der Waals surface area (Å²) in [6.45, 7) is 4.15. The molecule has 0 radical (unpaired) electrons. The van der Waals surface area contributed by atoms with Crippen LogP contribution in [-0.4, -0.2) is 56.1 Å². The molecule has 1 aromatic rings. The molecule has 0 saturated carbocycles. The molecule has 1 amide bonds. The van der Waals surface area contributed by atoms with Crippen LogP contribution in [0.5, 0.6) is 0 Å². The van der Waals surface area contributed by atoms with Gasteiger partial charge in [-0.05, 0) is 17.7 Å². The highest BCUT2D eigenvalue weighted by molar-refractivity contribution is 6.09. The highest BCUT2D eigenvalue weighted by Gasteiger charge is 2.43. The molecule has 6 heteroatoms. The number of Topliss-reactive ketones (excluding diaryl/α,β-unsaturated/α-hetero) is 1. The molecule has 1 N–H and O–H groups in total. The molecule has 6 nitrogen and oxygen atoms in total. The molecule has 1 aliphatic heterocycles. The predicted molar refractivity (Wildman–Crippen MR) is 96.6 cm³/mol. The van der Waals surface area contributed by atoms with Gasteiger partial charge in [0.25, 0.3) is 5.91 Å². The average molecular weight is 346 g/mol. The topological polar surface area (TPSA) is 70.1 Å². The first-order valence-electron chi connectivity index (χ1n) is 8.34. The summed E-state index contributed by atoms with van der Waals surface area (Å²) in [4.78, 5) is 28.6. The molecule has 0 fully saturated rings. The summed E-state index contributed by atoms with van der Waals surface area (Å²) in [7, 11) is 5.44. The molecular formula is C19H26N2O4. The van der Waals surface area contributed by atoms with Gasteiger partial charge in [-0.25, -0.2) is 0 Å². The molecule has 1 unspecified atom stereocenters. The smallest absolute Gasteiger partial charge is 0.290 e. The van der Waals surface area contributed by atoms with Crippen LogP contribution in [0.4, 0.5) is 5.69 Å². The van der Waals surface area contributed by atoms with Crippen LogP contribution in [0.15, 0.2) is 35.6 Å². The number of ether oxygens (including phenoxy) is 1. The van der Waals surface area contributed by atoms with E-state index in [9.17, 15) is 14.7 Å². The molecule has 0 aromatic heterocycles. The van der Waals surface area contributed by atoms with Gasteiger partial charge < -0.3 is 19.6 Å². The van der Waals surface area contributed by atoms with Crippen LogP contribution in [0, 0.1) is 5.92 Å². The first kappa shape index (κ1) is 19.0. The Balaban J connectivity index is 2.48. The molecule has 1 heterocycles. The third-order valence-corrected chi connectivity index (χ3v) is 4.36. The van der Waals surface area contributed by atoms with E-state index in [4.69, 9.17) is 4.74 Å². The zero-order chi connectivity index (χ0) is 18.7. The van der Waals surface area contributed by atoms with Gasteiger partial charge in [0.05, 0.1) is 18.2 Å². The maximum atomic E-state index is 12.6. The minimum Gasteiger partial charge on any atom is -0.503 e. The normalized spacial score (nSPS) is 17.6. The van der Waals surface area contributed by atoms with Gasteiger partial charge in [-0.1, -0.05) is 26.0 Å². The van der Waals surface area contributed by atoms with Gasteiger partial charge in [-0.3, -0.25) is 9.59 Å². The lowest BCUT2D eigenvalue weighted by Gasteiger charge is -2.27. The second-order valence-electron chi connectivity index (χ2n) is 6.66. The van der Waals surface area contributed by atoms with Crippen LogP contribution >= 0.6 is 0 Å². The number of methoxy groups -OCH3 is 1. The minimum absolute atomic E-state index is 0.175. The van der Waals surface area contributed by atoms with Crippen molar-refractivity contribution in [2.75, 3.05) is 39.3 Å². The Hall–Kier alpha value is -2.34. The molecule has 25 heavy (non-hydrogen) atoms. The van der Waals surface area contributed by atoms with Crippen LogP contribution in [0.2, 0.25) is 0 Å². The van der Waals surface area contributed by atoms with E-state index in [1.54, 1.807) is 21.0 Å². The standard InChI is InChI=1S/C19H26N2O4/c1-12(2)17(22)15-16(13-6-8-14(9-7-13)20(3)4)21(10-11-25-5)19(24)18(15)23/h6-9,12,16,23H,10-11H2,1-5H3. The predicted octanol–water partition coefficient (Wildman–Crippen LogP) is 2.32. The van der Waals surface area contributed by atoms with Gasteiger partial charge in [0.1, 0.15) is 0 Å². The number of carbonyl (C=O) groups excluding carboxylic acids is 2. The van der Waals surface area contributed by atoms with Gasteiger partial charge in [0, 0.05) is 39.4 Å². The van der Waals surface area contributed by atoms with Gasteiger partial charge >= 0.3 is 0 Å². The molecule has 2 rings (SSSR count). The van der Waals surface area contributed by atoms with E-state index in [1.165, 1.54) is 4.90 Å². The zero-order valence-electron chi connectivity index (χ0n) is 15.4. The summed E-state index contributed by atoms with van der Waals surface area (Å²) in [5.41, 5.74) is 1.98. The number of aliphatic hydroxyl groups is 1. The van der Waals surface area contributed by atoms with E-state index in [0.717, 1.165) is 11.3 Å². The largest absolute Gasteiger partial charge is 0.503 e. The Labute approximate surface area is 148 Å². The van der Waals surface area contributed by atoms with Crippen LogP contribution in [-0.2, 0) is 14.3 Å². The number of anilines is 1. The second kappa shape index (κ2) is 7.70. The maximum absolute atomic E-state index is 12.6. The molecule has 0 saturated heterocycles. The monoisotopic (exact) mass is 346 g/mol. The number of nitrogens with zero attached hydrogens (tertiary/aromatic N) is 2. The van der Waals surface area contributed by atoms with Gasteiger partial charge in [0.2, 0.25) is 0 Å². The van der Waals surface area contributed by atoms with E-state index in [-0.39, 0.29) is 17.3 Å². The molecule has 1 aromatic carbocycles. The fraction of sp³-hybridized carbons (Fsp3) is 0.474. The second-order valence-corrected chi connectivity index (χ2v) is 6.66. The summed E-state index contributed by atoms with van der Waals surface area (Å²) in [5, 5.41) is 10.3. The van der Waals surface area contributed by atoms with Crippen LogP contribution in [0.3, 0.4) is 0 Å². The molecular weight excluding hydrogens is 320 g/mol. The van der Waals surface area contributed by atoms with Crippen molar-refractivity contribution in [2.45, 2.75) is 19.9 Å². The molecule has 1 atom stereocenters. The summed E-state index contributed by atoms with van der Waals surface area (Å²) in [5.74, 6) is -1.50. The summed E-state index contributed by atoms with van der Waals surface area (Å²) < 4.78 is 5.08. The third kappa shape index (κ3) is 3.69. The minimum atomic E-state index is -0.589. The van der Waals surface area contributed by atoms with Crippen LogP contribution < -0.4 is 4.90 Å². The van der Waals surface area contributed by atoms with Gasteiger partial charge in [0.15, 0.2) is 11.5 Å². The van der Waals surface area contributed by atoms with Crippen molar-refractivity contribution in [3.8, 4) is 0 Å². The Morgan fingerprint density at radius 1 is 1.28 bits per heavy atom. The van der Waals surface area contributed by atoms with Crippen molar-refractivity contribution < 1.29 is 19.4 Å². The fourth-order valence-electron chi connectivity index (χ4n) is 2.94. The Morgan fingerprint density at radius 2 is 1.88 bits per heavy atom. The number of benzene rings is 1. The Morgan fingerprint density at radius 3 is 2.36 bits per heavy atom. The highest BCUT2D eigenvalue weighted by atomic mass is 16.5. The summed E-state index contributed by atoms with van der Waals surface area (Å²) in [6, 6.07) is 7.05. The van der Waals surface area contributed by atoms with Gasteiger partial charge in [-0.15, -0.1) is 0 Å². The first-order chi connectivity index (χ1) is 11.8. The average Bonchev–Trinajstić information content (AvgIpc) is 2.83. The third-order valence-electron chi connectivity index (χ3n) is 4.36. The maximum Gasteiger partial charge on any atom is 0.290 e. The van der Waals surface area contributed by atoms with Crippen molar-refractivity contribution in [1.29, 1.82) is 0 Å². The highest BCUT2D eigenvalue weighted by Crippen LogP contribution is 2.39. The molecule has 136 valence electrons.